The molecule has 2 N–H and O–H groups in total. The second-order valence-electron chi connectivity index (χ2n) is 6.68. The SMILES string of the molecule is CC(NC(CNC(=O)OC(C)(C)C)C(C)C)c1ccoc1. The van der Waals surface area contributed by atoms with Gasteiger partial charge >= 0.3 is 6.09 Å². The fourth-order valence-electron chi connectivity index (χ4n) is 1.93. The molecule has 0 saturated heterocycles. The van der Waals surface area contributed by atoms with Gasteiger partial charge in [-0.15, -0.1) is 0 Å². The Morgan fingerprint density at radius 2 is 2.00 bits per heavy atom. The molecule has 1 aromatic heterocycles. The van der Waals surface area contributed by atoms with E-state index in [1.165, 1.54) is 0 Å². The van der Waals surface area contributed by atoms with Crippen molar-refractivity contribution in [2.45, 2.75) is 59.2 Å². The lowest BCUT2D eigenvalue weighted by molar-refractivity contribution is 0.0518. The highest BCUT2D eigenvalue weighted by atomic mass is 16.6. The summed E-state index contributed by atoms with van der Waals surface area (Å²) in [6.45, 7) is 12.4. The Bertz CT molecular complexity index is 421. The number of amides is 1. The molecule has 0 fully saturated rings. The van der Waals surface area contributed by atoms with Gasteiger partial charge in [0, 0.05) is 24.2 Å². The lowest BCUT2D eigenvalue weighted by Crippen LogP contribution is -2.46. The summed E-state index contributed by atoms with van der Waals surface area (Å²) < 4.78 is 10.4. The molecular weight excluding hydrogens is 268 g/mol. The third kappa shape index (κ3) is 6.67. The van der Waals surface area contributed by atoms with Crippen LogP contribution in [0, 0.1) is 5.92 Å². The van der Waals surface area contributed by atoms with Gasteiger partial charge in [-0.05, 0) is 39.7 Å². The molecule has 1 amide bonds. The van der Waals surface area contributed by atoms with Crippen LogP contribution in [-0.4, -0.2) is 24.3 Å². The maximum Gasteiger partial charge on any atom is 0.407 e. The van der Waals surface area contributed by atoms with Gasteiger partial charge in [0.15, 0.2) is 0 Å². The van der Waals surface area contributed by atoms with E-state index < -0.39 is 5.60 Å². The van der Waals surface area contributed by atoms with Crippen LogP contribution in [-0.2, 0) is 4.74 Å². The third-order valence-electron chi connectivity index (χ3n) is 3.18. The zero-order valence-electron chi connectivity index (χ0n) is 13.9. The number of carbonyl (C=O) groups excluding carboxylic acids is 1. The molecule has 1 rings (SSSR count). The first-order valence-electron chi connectivity index (χ1n) is 7.44. The summed E-state index contributed by atoms with van der Waals surface area (Å²) in [5.74, 6) is 0.384. The molecule has 21 heavy (non-hydrogen) atoms. The van der Waals surface area contributed by atoms with Crippen molar-refractivity contribution in [3.63, 3.8) is 0 Å². The average molecular weight is 296 g/mol. The van der Waals surface area contributed by atoms with Crippen molar-refractivity contribution in [3.8, 4) is 0 Å². The Kier molecular flexibility index (Phi) is 6.27. The predicted molar refractivity (Wildman–Crippen MR) is 83.1 cm³/mol. The molecule has 0 aliphatic heterocycles. The highest BCUT2D eigenvalue weighted by Gasteiger charge is 2.20. The third-order valence-corrected chi connectivity index (χ3v) is 3.18. The van der Waals surface area contributed by atoms with E-state index in [2.05, 4.69) is 31.4 Å². The van der Waals surface area contributed by atoms with E-state index in [0.29, 0.717) is 12.5 Å². The molecule has 0 aromatic carbocycles. The summed E-state index contributed by atoms with van der Waals surface area (Å²) in [7, 11) is 0. The van der Waals surface area contributed by atoms with Gasteiger partial charge in [0.2, 0.25) is 0 Å². The summed E-state index contributed by atoms with van der Waals surface area (Å²) in [5.41, 5.74) is 0.618. The van der Waals surface area contributed by atoms with Crippen molar-refractivity contribution in [1.82, 2.24) is 10.6 Å². The molecule has 120 valence electrons. The normalized spacial score (nSPS) is 14.8. The first kappa shape index (κ1) is 17.6. The Labute approximate surface area is 127 Å². The van der Waals surface area contributed by atoms with Crippen LogP contribution in [0.3, 0.4) is 0 Å². The molecule has 5 nitrogen and oxygen atoms in total. The van der Waals surface area contributed by atoms with E-state index in [4.69, 9.17) is 9.15 Å². The minimum atomic E-state index is -0.477. The number of nitrogens with one attached hydrogen (secondary N) is 2. The zero-order valence-corrected chi connectivity index (χ0v) is 13.9. The molecule has 0 aliphatic rings. The molecule has 2 atom stereocenters. The van der Waals surface area contributed by atoms with E-state index in [1.54, 1.807) is 12.5 Å². The summed E-state index contributed by atoms with van der Waals surface area (Å²) in [6, 6.07) is 2.26. The maximum atomic E-state index is 11.7. The summed E-state index contributed by atoms with van der Waals surface area (Å²) in [5, 5.41) is 6.33. The lowest BCUT2D eigenvalue weighted by atomic mass is 10.0. The molecule has 1 aromatic rings. The quantitative estimate of drug-likeness (QED) is 0.843. The van der Waals surface area contributed by atoms with Gasteiger partial charge in [-0.3, -0.25) is 0 Å². The van der Waals surface area contributed by atoms with Crippen molar-refractivity contribution in [2.24, 2.45) is 5.92 Å². The number of rotatable bonds is 6. The Hall–Kier alpha value is -1.49. The van der Waals surface area contributed by atoms with E-state index in [-0.39, 0.29) is 18.2 Å². The minimum Gasteiger partial charge on any atom is -0.472 e. The highest BCUT2D eigenvalue weighted by Crippen LogP contribution is 2.15. The van der Waals surface area contributed by atoms with E-state index in [1.807, 2.05) is 26.8 Å². The molecule has 1 heterocycles. The number of hydrogen-bond donors (Lipinski definition) is 2. The number of ether oxygens (including phenoxy) is 1. The van der Waals surface area contributed by atoms with Crippen molar-refractivity contribution in [3.05, 3.63) is 24.2 Å². The molecular formula is C16H28N2O3. The van der Waals surface area contributed by atoms with Crippen LogP contribution < -0.4 is 10.6 Å². The standard InChI is InChI=1S/C16H28N2O3/c1-11(2)14(9-17-15(19)21-16(4,5)6)18-12(3)13-7-8-20-10-13/h7-8,10-12,14,18H,9H2,1-6H3,(H,17,19). The minimum absolute atomic E-state index is 0.155. The Morgan fingerprint density at radius 1 is 1.33 bits per heavy atom. The van der Waals surface area contributed by atoms with Gasteiger partial charge in [-0.1, -0.05) is 13.8 Å². The largest absolute Gasteiger partial charge is 0.472 e. The van der Waals surface area contributed by atoms with Gasteiger partial charge in [-0.25, -0.2) is 4.79 Å². The van der Waals surface area contributed by atoms with Crippen molar-refractivity contribution >= 4 is 6.09 Å². The van der Waals surface area contributed by atoms with Gasteiger partial charge in [0.25, 0.3) is 0 Å². The first-order valence-corrected chi connectivity index (χ1v) is 7.44. The van der Waals surface area contributed by atoms with Crippen molar-refractivity contribution < 1.29 is 13.9 Å². The van der Waals surface area contributed by atoms with Crippen LogP contribution in [0.2, 0.25) is 0 Å². The second kappa shape index (κ2) is 7.50. The van der Waals surface area contributed by atoms with Crippen molar-refractivity contribution in [2.75, 3.05) is 6.54 Å². The lowest BCUT2D eigenvalue weighted by Gasteiger charge is -2.27. The van der Waals surface area contributed by atoms with E-state index in [9.17, 15) is 4.79 Å². The molecule has 0 radical (unpaired) electrons. The molecule has 0 bridgehead atoms. The number of alkyl carbamates (subject to hydrolysis) is 1. The van der Waals surface area contributed by atoms with Gasteiger partial charge in [-0.2, -0.15) is 0 Å². The maximum absolute atomic E-state index is 11.7. The van der Waals surface area contributed by atoms with Gasteiger partial charge in [0.1, 0.15) is 5.60 Å². The van der Waals surface area contributed by atoms with Crippen LogP contribution in [0.15, 0.2) is 23.0 Å². The van der Waals surface area contributed by atoms with Crippen LogP contribution in [0.5, 0.6) is 0 Å². The van der Waals surface area contributed by atoms with Crippen LogP contribution in [0.25, 0.3) is 0 Å². The topological polar surface area (TPSA) is 63.5 Å². The first-order chi connectivity index (χ1) is 9.69. The van der Waals surface area contributed by atoms with Crippen LogP contribution in [0.1, 0.15) is 53.1 Å². The smallest absolute Gasteiger partial charge is 0.407 e. The van der Waals surface area contributed by atoms with Crippen LogP contribution in [0.4, 0.5) is 4.79 Å². The molecule has 0 saturated carbocycles. The molecule has 0 spiro atoms. The van der Waals surface area contributed by atoms with E-state index in [0.717, 1.165) is 5.56 Å². The Balaban J connectivity index is 2.49. The second-order valence-corrected chi connectivity index (χ2v) is 6.68. The number of furan rings is 1. The average Bonchev–Trinajstić information content (AvgIpc) is 2.85. The number of carbonyl (C=O) groups is 1. The predicted octanol–water partition coefficient (Wildman–Crippen LogP) is 3.48. The summed E-state index contributed by atoms with van der Waals surface area (Å²) in [6.07, 6.45) is 3.01. The fraction of sp³-hybridized carbons (Fsp3) is 0.688. The molecule has 2 unspecified atom stereocenters. The van der Waals surface area contributed by atoms with Crippen LogP contribution >= 0.6 is 0 Å². The summed E-state index contributed by atoms with van der Waals surface area (Å²) in [4.78, 5) is 11.7. The molecule has 0 aliphatic carbocycles. The molecule has 5 heteroatoms. The monoisotopic (exact) mass is 296 g/mol. The fourth-order valence-corrected chi connectivity index (χ4v) is 1.93. The zero-order chi connectivity index (χ0) is 16.0. The van der Waals surface area contributed by atoms with Crippen molar-refractivity contribution in [1.29, 1.82) is 0 Å². The highest BCUT2D eigenvalue weighted by molar-refractivity contribution is 5.67. The van der Waals surface area contributed by atoms with Gasteiger partial charge in [0.05, 0.1) is 12.5 Å². The van der Waals surface area contributed by atoms with E-state index >= 15 is 0 Å². The van der Waals surface area contributed by atoms with Gasteiger partial charge < -0.3 is 19.8 Å². The summed E-state index contributed by atoms with van der Waals surface area (Å²) >= 11 is 0. The Morgan fingerprint density at radius 3 is 2.48 bits per heavy atom. The number of hydrogen-bond acceptors (Lipinski definition) is 4.